The van der Waals surface area contributed by atoms with Crippen LogP contribution in [0.2, 0.25) is 19.6 Å². The molecule has 1 aliphatic carbocycles. The zero-order chi connectivity index (χ0) is 15.9. The molecule has 1 nitrogen and oxygen atoms in total. The molecule has 0 aliphatic heterocycles. The molecule has 0 saturated carbocycles. The van der Waals surface area contributed by atoms with Gasteiger partial charge in [0.2, 0.25) is 0 Å². The van der Waals surface area contributed by atoms with Crippen molar-refractivity contribution in [2.45, 2.75) is 91.3 Å². The molecule has 21 heavy (non-hydrogen) atoms. The van der Waals surface area contributed by atoms with Gasteiger partial charge in [0.25, 0.3) is 0 Å². The molecule has 0 fully saturated rings. The van der Waals surface area contributed by atoms with E-state index in [-0.39, 0.29) is 0 Å². The molecule has 1 rings (SSSR count). The highest BCUT2D eigenvalue weighted by Gasteiger charge is 2.34. The van der Waals surface area contributed by atoms with Crippen LogP contribution in [0.5, 0.6) is 0 Å². The van der Waals surface area contributed by atoms with Crippen LogP contribution in [0.4, 0.5) is 0 Å². The van der Waals surface area contributed by atoms with E-state index in [9.17, 15) is 4.79 Å². The van der Waals surface area contributed by atoms with E-state index in [1.165, 1.54) is 48.4 Å². The molecule has 0 unspecified atom stereocenters. The predicted molar refractivity (Wildman–Crippen MR) is 96.4 cm³/mol. The highest BCUT2D eigenvalue weighted by atomic mass is 28.3. The monoisotopic (exact) mass is 306 g/mol. The fourth-order valence-electron chi connectivity index (χ4n) is 3.28. The number of ketones is 1. The van der Waals surface area contributed by atoms with Gasteiger partial charge in [-0.3, -0.25) is 4.79 Å². The van der Waals surface area contributed by atoms with Crippen molar-refractivity contribution in [3.8, 4) is 0 Å². The first-order valence-corrected chi connectivity index (χ1v) is 12.4. The fourth-order valence-corrected chi connectivity index (χ4v) is 5.60. The minimum atomic E-state index is -1.43. The number of carbonyl (C=O) groups excluding carboxylic acids is 1. The van der Waals surface area contributed by atoms with Crippen LogP contribution < -0.4 is 0 Å². The van der Waals surface area contributed by atoms with Crippen molar-refractivity contribution in [2.75, 3.05) is 0 Å². The number of allylic oxidation sites excluding steroid dienone is 4. The first-order valence-electron chi connectivity index (χ1n) is 8.88. The van der Waals surface area contributed by atoms with Crippen molar-refractivity contribution < 1.29 is 4.79 Å². The van der Waals surface area contributed by atoms with Gasteiger partial charge in [-0.25, -0.2) is 0 Å². The van der Waals surface area contributed by atoms with Gasteiger partial charge >= 0.3 is 0 Å². The average molecular weight is 307 g/mol. The Balaban J connectivity index is 2.86. The van der Waals surface area contributed by atoms with Crippen molar-refractivity contribution in [2.24, 2.45) is 0 Å². The van der Waals surface area contributed by atoms with E-state index in [2.05, 4.69) is 39.6 Å². The predicted octanol–water partition coefficient (Wildman–Crippen LogP) is 6.22. The van der Waals surface area contributed by atoms with E-state index < -0.39 is 8.07 Å². The summed E-state index contributed by atoms with van der Waals surface area (Å²) in [6, 6.07) is 0. The van der Waals surface area contributed by atoms with Crippen molar-refractivity contribution in [3.05, 3.63) is 22.4 Å². The summed E-state index contributed by atoms with van der Waals surface area (Å²) in [5.41, 5.74) is 2.58. The Bertz CT molecular complexity index is 410. The molecule has 0 bridgehead atoms. The molecular formula is C19H34OSi. The molecular weight excluding hydrogens is 272 g/mol. The van der Waals surface area contributed by atoms with Gasteiger partial charge in [-0.05, 0) is 36.8 Å². The number of hydrogen-bond acceptors (Lipinski definition) is 1. The summed E-state index contributed by atoms with van der Waals surface area (Å²) in [7, 11) is -1.43. The second-order valence-corrected chi connectivity index (χ2v) is 12.4. The second kappa shape index (κ2) is 8.72. The van der Waals surface area contributed by atoms with Crippen molar-refractivity contribution in [1.82, 2.24) is 0 Å². The Morgan fingerprint density at radius 3 is 2.24 bits per heavy atom. The Labute approximate surface area is 132 Å². The SMILES string of the molecule is CCCCCC/C=C1\CC(=O)C(CCCC)=C1[Si](C)(C)C. The largest absolute Gasteiger partial charge is 0.294 e. The third-order valence-electron chi connectivity index (χ3n) is 4.29. The van der Waals surface area contributed by atoms with Crippen LogP contribution in [-0.4, -0.2) is 13.9 Å². The Hall–Kier alpha value is -0.633. The highest BCUT2D eigenvalue weighted by Crippen LogP contribution is 2.38. The van der Waals surface area contributed by atoms with Crippen LogP contribution >= 0.6 is 0 Å². The Morgan fingerprint density at radius 1 is 1.00 bits per heavy atom. The van der Waals surface area contributed by atoms with Gasteiger partial charge in [0.1, 0.15) is 0 Å². The van der Waals surface area contributed by atoms with Gasteiger partial charge in [0.15, 0.2) is 5.78 Å². The average Bonchev–Trinajstić information content (AvgIpc) is 2.72. The smallest absolute Gasteiger partial charge is 0.163 e. The standard InChI is InChI=1S/C19H34OSi/c1-6-8-10-11-12-13-16-15-18(20)17(14-9-7-2)19(16)21(3,4)5/h13H,6-12,14-15H2,1-5H3/b16-13+. The summed E-state index contributed by atoms with van der Waals surface area (Å²) in [5, 5.41) is 1.50. The molecule has 0 spiro atoms. The highest BCUT2D eigenvalue weighted by molar-refractivity contribution is 6.84. The molecule has 0 radical (unpaired) electrons. The summed E-state index contributed by atoms with van der Waals surface area (Å²) in [6.07, 6.45) is 12.8. The summed E-state index contributed by atoms with van der Waals surface area (Å²) in [6.45, 7) is 11.6. The third-order valence-corrected chi connectivity index (χ3v) is 6.41. The van der Waals surface area contributed by atoms with Crippen LogP contribution in [0.1, 0.15) is 71.6 Å². The quantitative estimate of drug-likeness (QED) is 0.365. The number of Topliss-reactive ketones (excluding diaryl/α,β-unsaturated/α-hetero) is 1. The fraction of sp³-hybridized carbons (Fsp3) is 0.737. The number of hydrogen-bond donors (Lipinski definition) is 0. The lowest BCUT2D eigenvalue weighted by atomic mass is 10.1. The molecule has 0 N–H and O–H groups in total. The summed E-state index contributed by atoms with van der Waals surface area (Å²) < 4.78 is 0. The molecule has 1 aliphatic rings. The van der Waals surface area contributed by atoms with E-state index in [0.29, 0.717) is 12.2 Å². The maximum atomic E-state index is 12.4. The first-order chi connectivity index (χ1) is 9.91. The third kappa shape index (κ3) is 5.58. The lowest BCUT2D eigenvalue weighted by Crippen LogP contribution is -2.25. The Kier molecular flexibility index (Phi) is 7.65. The lowest BCUT2D eigenvalue weighted by molar-refractivity contribution is -0.114. The maximum Gasteiger partial charge on any atom is 0.163 e. The summed E-state index contributed by atoms with van der Waals surface area (Å²) in [5.74, 6) is 0.417. The van der Waals surface area contributed by atoms with Crippen molar-refractivity contribution in [3.63, 3.8) is 0 Å². The van der Waals surface area contributed by atoms with Gasteiger partial charge in [-0.1, -0.05) is 70.4 Å². The number of unbranched alkanes of at least 4 members (excludes halogenated alkanes) is 5. The molecule has 0 saturated heterocycles. The van der Waals surface area contributed by atoms with Gasteiger partial charge in [-0.15, -0.1) is 0 Å². The van der Waals surface area contributed by atoms with Gasteiger partial charge in [-0.2, -0.15) is 0 Å². The zero-order valence-corrected chi connectivity index (χ0v) is 15.8. The maximum absolute atomic E-state index is 12.4. The van der Waals surface area contributed by atoms with Crippen LogP contribution in [0.15, 0.2) is 22.4 Å². The lowest BCUT2D eigenvalue weighted by Gasteiger charge is -2.22. The van der Waals surface area contributed by atoms with E-state index in [4.69, 9.17) is 0 Å². The van der Waals surface area contributed by atoms with Crippen molar-refractivity contribution >= 4 is 13.9 Å². The van der Waals surface area contributed by atoms with E-state index in [0.717, 1.165) is 19.3 Å². The Morgan fingerprint density at radius 2 is 1.67 bits per heavy atom. The molecule has 0 amide bonds. The van der Waals surface area contributed by atoms with Crippen LogP contribution in [0, 0.1) is 0 Å². The molecule has 0 aromatic heterocycles. The van der Waals surface area contributed by atoms with Gasteiger partial charge in [0.05, 0.1) is 8.07 Å². The first kappa shape index (κ1) is 18.4. The molecule has 0 aromatic carbocycles. The van der Waals surface area contributed by atoms with Crippen LogP contribution in [0.3, 0.4) is 0 Å². The molecule has 120 valence electrons. The van der Waals surface area contributed by atoms with E-state index >= 15 is 0 Å². The summed E-state index contributed by atoms with van der Waals surface area (Å²) in [4.78, 5) is 12.4. The van der Waals surface area contributed by atoms with E-state index in [1.807, 2.05) is 0 Å². The van der Waals surface area contributed by atoms with Crippen LogP contribution in [0.25, 0.3) is 0 Å². The zero-order valence-electron chi connectivity index (χ0n) is 14.8. The molecule has 0 atom stereocenters. The molecule has 0 heterocycles. The molecule has 0 aromatic rings. The molecule has 2 heteroatoms. The topological polar surface area (TPSA) is 17.1 Å². The van der Waals surface area contributed by atoms with E-state index in [1.54, 1.807) is 0 Å². The van der Waals surface area contributed by atoms with Gasteiger partial charge < -0.3 is 0 Å². The van der Waals surface area contributed by atoms with Crippen LogP contribution in [-0.2, 0) is 4.79 Å². The second-order valence-electron chi connectivity index (χ2n) is 7.39. The van der Waals surface area contributed by atoms with Crippen molar-refractivity contribution in [1.29, 1.82) is 0 Å². The number of carbonyl (C=O) groups is 1. The normalized spacial score (nSPS) is 18.1. The summed E-state index contributed by atoms with van der Waals surface area (Å²) >= 11 is 0. The van der Waals surface area contributed by atoms with Gasteiger partial charge in [0, 0.05) is 6.42 Å². The number of rotatable bonds is 9. The minimum Gasteiger partial charge on any atom is -0.294 e. The minimum absolute atomic E-state index is 0.417.